The number of anilines is 1. The Kier molecular flexibility index (Phi) is 4.08. The van der Waals surface area contributed by atoms with Crippen molar-refractivity contribution in [3.8, 4) is 0 Å². The summed E-state index contributed by atoms with van der Waals surface area (Å²) in [5.41, 5.74) is -0.0304. The number of hydrogen-bond acceptors (Lipinski definition) is 5. The summed E-state index contributed by atoms with van der Waals surface area (Å²) < 4.78 is 4.37. The van der Waals surface area contributed by atoms with E-state index in [1.165, 1.54) is 11.5 Å². The lowest BCUT2D eigenvalue weighted by molar-refractivity contribution is -0.142. The molecule has 1 aromatic heterocycles. The zero-order valence-electron chi connectivity index (χ0n) is 11.6. The average Bonchev–Trinajstić information content (AvgIpc) is 2.78. The molecule has 6 heteroatoms. The fourth-order valence-corrected chi connectivity index (χ4v) is 3.08. The van der Waals surface area contributed by atoms with Crippen LogP contribution in [-0.2, 0) is 10.2 Å². The highest BCUT2D eigenvalue weighted by atomic mass is 32.1. The first-order valence-corrected chi connectivity index (χ1v) is 7.47. The van der Waals surface area contributed by atoms with Crippen molar-refractivity contribution in [2.24, 2.45) is 5.92 Å². The van der Waals surface area contributed by atoms with Crippen LogP contribution < -0.4 is 5.32 Å². The van der Waals surface area contributed by atoms with Gasteiger partial charge in [-0.05, 0) is 25.7 Å². The quantitative estimate of drug-likeness (QED) is 0.892. The standard InChI is InChI=1S/C13H21N3O2S/c1-13(2,3)11-15-12(19-16-11)14-9-6-4-8(5-7-9)10(17)18/h8-9H,4-7H2,1-3H3,(H,17,18)(H,14,15,16). The molecule has 0 aromatic carbocycles. The van der Waals surface area contributed by atoms with Crippen LogP contribution in [0.5, 0.6) is 0 Å². The molecule has 0 atom stereocenters. The zero-order chi connectivity index (χ0) is 14.0. The molecule has 0 amide bonds. The Labute approximate surface area is 117 Å². The smallest absolute Gasteiger partial charge is 0.306 e. The highest BCUT2D eigenvalue weighted by Gasteiger charge is 2.27. The molecule has 0 spiro atoms. The highest BCUT2D eigenvalue weighted by Crippen LogP contribution is 2.28. The van der Waals surface area contributed by atoms with Gasteiger partial charge in [0.05, 0.1) is 5.92 Å². The summed E-state index contributed by atoms with van der Waals surface area (Å²) >= 11 is 1.39. The van der Waals surface area contributed by atoms with E-state index in [0.29, 0.717) is 6.04 Å². The van der Waals surface area contributed by atoms with Gasteiger partial charge in [0.25, 0.3) is 0 Å². The molecule has 1 fully saturated rings. The third-order valence-corrected chi connectivity index (χ3v) is 4.15. The molecule has 1 aliphatic carbocycles. The average molecular weight is 283 g/mol. The number of nitrogens with one attached hydrogen (secondary N) is 1. The monoisotopic (exact) mass is 283 g/mol. The van der Waals surface area contributed by atoms with Gasteiger partial charge in [0.15, 0.2) is 0 Å². The van der Waals surface area contributed by atoms with Gasteiger partial charge in [-0.3, -0.25) is 4.79 Å². The van der Waals surface area contributed by atoms with Crippen molar-refractivity contribution in [1.82, 2.24) is 9.36 Å². The second-order valence-electron chi connectivity index (χ2n) is 6.20. The fraction of sp³-hybridized carbons (Fsp3) is 0.769. The van der Waals surface area contributed by atoms with Gasteiger partial charge in [-0.2, -0.15) is 4.37 Å². The number of hydrogen-bond donors (Lipinski definition) is 2. The third kappa shape index (κ3) is 3.65. The number of aromatic nitrogens is 2. The van der Waals surface area contributed by atoms with Crippen LogP contribution in [0.15, 0.2) is 0 Å². The van der Waals surface area contributed by atoms with Crippen molar-refractivity contribution in [2.45, 2.75) is 57.9 Å². The predicted molar refractivity (Wildman–Crippen MR) is 75.6 cm³/mol. The Morgan fingerprint density at radius 3 is 2.42 bits per heavy atom. The number of carboxylic acids is 1. The largest absolute Gasteiger partial charge is 0.481 e. The molecule has 2 rings (SSSR count). The number of rotatable bonds is 3. The van der Waals surface area contributed by atoms with E-state index in [0.717, 1.165) is 36.6 Å². The molecular weight excluding hydrogens is 262 g/mol. The minimum absolute atomic E-state index is 0.0304. The van der Waals surface area contributed by atoms with Crippen LogP contribution in [0, 0.1) is 5.92 Å². The molecule has 5 nitrogen and oxygen atoms in total. The lowest BCUT2D eigenvalue weighted by atomic mass is 9.86. The third-order valence-electron chi connectivity index (χ3n) is 3.50. The lowest BCUT2D eigenvalue weighted by Crippen LogP contribution is -2.29. The molecule has 0 radical (unpaired) electrons. The summed E-state index contributed by atoms with van der Waals surface area (Å²) in [6, 6.07) is 0.330. The van der Waals surface area contributed by atoms with Gasteiger partial charge in [-0.1, -0.05) is 20.8 Å². The molecule has 2 N–H and O–H groups in total. The van der Waals surface area contributed by atoms with E-state index in [2.05, 4.69) is 35.4 Å². The molecule has 0 aliphatic heterocycles. The Hall–Kier alpha value is -1.17. The Balaban J connectivity index is 1.89. The normalized spacial score (nSPS) is 24.2. The van der Waals surface area contributed by atoms with Crippen LogP contribution in [0.25, 0.3) is 0 Å². The number of nitrogens with zero attached hydrogens (tertiary/aromatic N) is 2. The first kappa shape index (κ1) is 14.2. The van der Waals surface area contributed by atoms with Crippen molar-refractivity contribution in [3.63, 3.8) is 0 Å². The van der Waals surface area contributed by atoms with Crippen LogP contribution in [0.2, 0.25) is 0 Å². The van der Waals surface area contributed by atoms with E-state index in [1.807, 2.05) is 0 Å². The number of carboxylic acid groups (broad SMARTS) is 1. The van der Waals surface area contributed by atoms with Crippen LogP contribution >= 0.6 is 11.5 Å². The van der Waals surface area contributed by atoms with Gasteiger partial charge in [0.2, 0.25) is 5.13 Å². The van der Waals surface area contributed by atoms with E-state index < -0.39 is 5.97 Å². The van der Waals surface area contributed by atoms with E-state index >= 15 is 0 Å². The Morgan fingerprint density at radius 1 is 1.32 bits per heavy atom. The summed E-state index contributed by atoms with van der Waals surface area (Å²) in [7, 11) is 0. The summed E-state index contributed by atoms with van der Waals surface area (Å²) in [5.74, 6) is 0.0289. The number of aliphatic carboxylic acids is 1. The van der Waals surface area contributed by atoms with Crippen molar-refractivity contribution >= 4 is 22.6 Å². The molecule has 106 valence electrons. The van der Waals surface area contributed by atoms with E-state index in [1.54, 1.807) is 0 Å². The minimum Gasteiger partial charge on any atom is -0.481 e. The molecule has 1 aromatic rings. The van der Waals surface area contributed by atoms with Gasteiger partial charge in [0.1, 0.15) is 5.82 Å². The molecule has 1 saturated carbocycles. The van der Waals surface area contributed by atoms with Gasteiger partial charge >= 0.3 is 5.97 Å². The van der Waals surface area contributed by atoms with Crippen molar-refractivity contribution < 1.29 is 9.90 Å². The molecule has 1 heterocycles. The van der Waals surface area contributed by atoms with Crippen LogP contribution in [0.4, 0.5) is 5.13 Å². The fourth-order valence-electron chi connectivity index (χ4n) is 2.25. The molecular formula is C13H21N3O2S. The molecule has 1 aliphatic rings. The van der Waals surface area contributed by atoms with Gasteiger partial charge in [-0.15, -0.1) is 0 Å². The topological polar surface area (TPSA) is 75.1 Å². The molecule has 19 heavy (non-hydrogen) atoms. The van der Waals surface area contributed by atoms with Crippen LogP contribution in [-0.4, -0.2) is 26.5 Å². The summed E-state index contributed by atoms with van der Waals surface area (Å²) in [6.45, 7) is 6.28. The summed E-state index contributed by atoms with van der Waals surface area (Å²) in [5, 5.41) is 13.2. The zero-order valence-corrected chi connectivity index (χ0v) is 12.5. The molecule has 0 unspecified atom stereocenters. The van der Waals surface area contributed by atoms with Crippen molar-refractivity contribution in [1.29, 1.82) is 0 Å². The van der Waals surface area contributed by atoms with Crippen molar-refractivity contribution in [3.05, 3.63) is 5.82 Å². The van der Waals surface area contributed by atoms with E-state index in [4.69, 9.17) is 5.11 Å². The molecule has 0 bridgehead atoms. The van der Waals surface area contributed by atoms with Crippen LogP contribution in [0.3, 0.4) is 0 Å². The number of carbonyl (C=O) groups is 1. The van der Waals surface area contributed by atoms with E-state index in [-0.39, 0.29) is 11.3 Å². The second kappa shape index (κ2) is 5.45. The van der Waals surface area contributed by atoms with Gasteiger partial charge in [-0.25, -0.2) is 4.98 Å². The predicted octanol–water partition coefficient (Wildman–Crippen LogP) is 2.89. The van der Waals surface area contributed by atoms with Gasteiger partial charge in [0, 0.05) is 23.0 Å². The Bertz CT molecular complexity index is 445. The SMILES string of the molecule is CC(C)(C)c1nsc(NC2CCC(C(=O)O)CC2)n1. The molecule has 0 saturated heterocycles. The maximum absolute atomic E-state index is 10.9. The van der Waals surface area contributed by atoms with Gasteiger partial charge < -0.3 is 10.4 Å². The van der Waals surface area contributed by atoms with Crippen LogP contribution in [0.1, 0.15) is 52.3 Å². The first-order valence-electron chi connectivity index (χ1n) is 6.70. The van der Waals surface area contributed by atoms with Crippen molar-refractivity contribution in [2.75, 3.05) is 5.32 Å². The van der Waals surface area contributed by atoms with E-state index in [9.17, 15) is 4.79 Å². The maximum atomic E-state index is 10.9. The highest BCUT2D eigenvalue weighted by molar-refractivity contribution is 7.09. The minimum atomic E-state index is -0.663. The maximum Gasteiger partial charge on any atom is 0.306 e. The summed E-state index contributed by atoms with van der Waals surface area (Å²) in [6.07, 6.45) is 3.28. The lowest BCUT2D eigenvalue weighted by Gasteiger charge is -2.26. The second-order valence-corrected chi connectivity index (χ2v) is 6.96. The Morgan fingerprint density at radius 2 is 1.95 bits per heavy atom. The first-order chi connectivity index (χ1) is 8.86. The summed E-state index contributed by atoms with van der Waals surface area (Å²) in [4.78, 5) is 15.4.